The third-order valence-electron chi connectivity index (χ3n) is 3.22. The minimum atomic E-state index is -4.27. The minimum absolute atomic E-state index is 0.0848. The highest BCUT2D eigenvalue weighted by molar-refractivity contribution is 5.60. The number of anilines is 1. The average molecular weight is 256 g/mol. The second kappa shape index (κ2) is 3.37. The Morgan fingerprint density at radius 3 is 2.78 bits per heavy atom. The van der Waals surface area contributed by atoms with Crippen molar-refractivity contribution in [1.82, 2.24) is 14.6 Å². The van der Waals surface area contributed by atoms with Gasteiger partial charge in [-0.3, -0.25) is 0 Å². The van der Waals surface area contributed by atoms with Gasteiger partial charge in [0.05, 0.1) is 23.3 Å². The fraction of sp³-hybridized carbons (Fsp3) is 0.455. The molecule has 1 aliphatic heterocycles. The van der Waals surface area contributed by atoms with Crippen molar-refractivity contribution in [2.24, 2.45) is 0 Å². The van der Waals surface area contributed by atoms with Gasteiger partial charge in [-0.15, -0.1) is 0 Å². The highest BCUT2D eigenvalue weighted by Crippen LogP contribution is 2.44. The molecule has 0 saturated carbocycles. The maximum absolute atomic E-state index is 13.1. The Morgan fingerprint density at radius 1 is 1.39 bits per heavy atom. The number of aromatic nitrogens is 3. The van der Waals surface area contributed by atoms with Crippen molar-refractivity contribution in [1.29, 1.82) is 0 Å². The maximum Gasteiger partial charge on any atom is 0.399 e. The van der Waals surface area contributed by atoms with E-state index >= 15 is 0 Å². The van der Waals surface area contributed by atoms with E-state index in [4.69, 9.17) is 0 Å². The van der Waals surface area contributed by atoms with E-state index in [1.807, 2.05) is 0 Å². The van der Waals surface area contributed by atoms with Crippen molar-refractivity contribution in [3.05, 3.63) is 23.7 Å². The van der Waals surface area contributed by atoms with Crippen molar-refractivity contribution in [2.75, 3.05) is 18.5 Å². The molecule has 3 heterocycles. The molecule has 0 aromatic carbocycles. The van der Waals surface area contributed by atoms with Crippen molar-refractivity contribution < 1.29 is 13.2 Å². The molecule has 1 unspecified atom stereocenters. The van der Waals surface area contributed by atoms with E-state index in [0.29, 0.717) is 17.0 Å². The van der Waals surface area contributed by atoms with Crippen LogP contribution < -0.4 is 4.90 Å². The summed E-state index contributed by atoms with van der Waals surface area (Å²) in [6.07, 6.45) is -2.79. The first kappa shape index (κ1) is 11.3. The van der Waals surface area contributed by atoms with Crippen LogP contribution in [0.5, 0.6) is 0 Å². The first-order valence-corrected chi connectivity index (χ1v) is 5.51. The first-order chi connectivity index (χ1) is 8.38. The normalized spacial score (nSPS) is 19.6. The molecule has 0 radical (unpaired) electrons. The first-order valence-electron chi connectivity index (χ1n) is 5.51. The molecule has 0 bridgehead atoms. The molecule has 1 atom stereocenters. The zero-order valence-corrected chi connectivity index (χ0v) is 9.86. The standard InChI is InChI=1S/C11H11F3N4/c1-6-3-9-15-4-8-10(18(9)16-6)7(5-17(8)2)11(12,13)14/h3-4,7H,5H2,1-2H3. The molecule has 0 fully saturated rings. The Balaban J connectivity index is 2.30. The van der Waals surface area contributed by atoms with Gasteiger partial charge in [-0.1, -0.05) is 0 Å². The molecule has 3 rings (SSSR count). The van der Waals surface area contributed by atoms with Crippen LogP contribution in [0.1, 0.15) is 17.3 Å². The van der Waals surface area contributed by atoms with Crippen LogP contribution in [-0.4, -0.2) is 34.4 Å². The van der Waals surface area contributed by atoms with E-state index in [0.717, 1.165) is 0 Å². The lowest BCUT2D eigenvalue weighted by molar-refractivity contribution is -0.147. The van der Waals surface area contributed by atoms with Gasteiger partial charge in [0.25, 0.3) is 0 Å². The zero-order chi connectivity index (χ0) is 13.1. The number of fused-ring (bicyclic) bond motifs is 3. The van der Waals surface area contributed by atoms with E-state index in [-0.39, 0.29) is 12.2 Å². The van der Waals surface area contributed by atoms with Crippen LogP contribution in [0.15, 0.2) is 12.3 Å². The fourth-order valence-electron chi connectivity index (χ4n) is 2.39. The molecule has 0 saturated heterocycles. The average Bonchev–Trinajstić information content (AvgIpc) is 2.77. The number of rotatable bonds is 0. The predicted octanol–water partition coefficient (Wildman–Crippen LogP) is 2.13. The molecule has 18 heavy (non-hydrogen) atoms. The van der Waals surface area contributed by atoms with E-state index < -0.39 is 12.1 Å². The largest absolute Gasteiger partial charge is 0.399 e. The SMILES string of the molecule is Cc1cc2ncc3c(n2n1)C(C(F)(F)F)CN3C. The molecule has 0 N–H and O–H groups in total. The number of halogens is 3. The van der Waals surface area contributed by atoms with E-state index in [9.17, 15) is 13.2 Å². The summed E-state index contributed by atoms with van der Waals surface area (Å²) in [6, 6.07) is 1.67. The summed E-state index contributed by atoms with van der Waals surface area (Å²) < 4.78 is 40.5. The molecule has 96 valence electrons. The van der Waals surface area contributed by atoms with Gasteiger partial charge in [0.2, 0.25) is 0 Å². The Kier molecular flexibility index (Phi) is 2.11. The summed E-state index contributed by atoms with van der Waals surface area (Å²) in [7, 11) is 1.63. The number of likely N-dealkylation sites (N-methyl/N-ethyl adjacent to an activating group) is 1. The van der Waals surface area contributed by atoms with Crippen LogP contribution in [0.2, 0.25) is 0 Å². The Hall–Kier alpha value is -1.79. The predicted molar refractivity (Wildman–Crippen MR) is 59.8 cm³/mol. The molecule has 4 nitrogen and oxygen atoms in total. The quantitative estimate of drug-likeness (QED) is 0.724. The fourth-order valence-corrected chi connectivity index (χ4v) is 2.39. The topological polar surface area (TPSA) is 33.4 Å². The van der Waals surface area contributed by atoms with Gasteiger partial charge in [0.15, 0.2) is 5.65 Å². The molecular formula is C11H11F3N4. The smallest absolute Gasteiger partial charge is 0.371 e. The van der Waals surface area contributed by atoms with E-state index in [1.165, 1.54) is 10.7 Å². The summed E-state index contributed by atoms with van der Waals surface area (Å²) in [5.41, 5.74) is 1.79. The van der Waals surface area contributed by atoms with Gasteiger partial charge in [0, 0.05) is 19.7 Å². The molecule has 0 amide bonds. The van der Waals surface area contributed by atoms with Gasteiger partial charge in [0.1, 0.15) is 5.92 Å². The van der Waals surface area contributed by atoms with Gasteiger partial charge in [-0.05, 0) is 6.92 Å². The van der Waals surface area contributed by atoms with Crippen LogP contribution in [-0.2, 0) is 0 Å². The van der Waals surface area contributed by atoms with Gasteiger partial charge in [-0.2, -0.15) is 18.3 Å². The summed E-state index contributed by atoms with van der Waals surface area (Å²) in [6.45, 7) is 1.65. The number of nitrogens with zero attached hydrogens (tertiary/aromatic N) is 4. The Labute approximate surface area is 101 Å². The number of alkyl halides is 3. The summed E-state index contributed by atoms with van der Waals surface area (Å²) in [5, 5.41) is 4.11. The molecule has 1 aliphatic rings. The van der Waals surface area contributed by atoms with Crippen molar-refractivity contribution in [3.8, 4) is 0 Å². The highest BCUT2D eigenvalue weighted by atomic mass is 19.4. The summed E-state index contributed by atoms with van der Waals surface area (Å²) in [4.78, 5) is 5.70. The third-order valence-corrected chi connectivity index (χ3v) is 3.22. The van der Waals surface area contributed by atoms with Crippen LogP contribution >= 0.6 is 0 Å². The van der Waals surface area contributed by atoms with Crippen molar-refractivity contribution in [3.63, 3.8) is 0 Å². The third kappa shape index (κ3) is 1.46. The summed E-state index contributed by atoms with van der Waals surface area (Å²) in [5.74, 6) is -1.51. The van der Waals surface area contributed by atoms with Crippen LogP contribution in [0.3, 0.4) is 0 Å². The van der Waals surface area contributed by atoms with Gasteiger partial charge < -0.3 is 4.90 Å². The van der Waals surface area contributed by atoms with Crippen molar-refractivity contribution >= 4 is 11.3 Å². The molecule has 2 aromatic rings. The number of aryl methyl sites for hydroxylation is 1. The van der Waals surface area contributed by atoms with Crippen LogP contribution in [0.4, 0.5) is 18.9 Å². The summed E-state index contributed by atoms with van der Waals surface area (Å²) >= 11 is 0. The van der Waals surface area contributed by atoms with Crippen LogP contribution in [0.25, 0.3) is 5.65 Å². The second-order valence-corrected chi connectivity index (χ2v) is 4.56. The maximum atomic E-state index is 13.1. The lowest BCUT2D eigenvalue weighted by Gasteiger charge is -2.15. The van der Waals surface area contributed by atoms with Gasteiger partial charge in [-0.25, -0.2) is 9.50 Å². The molecule has 0 spiro atoms. The van der Waals surface area contributed by atoms with Crippen molar-refractivity contribution in [2.45, 2.75) is 19.0 Å². The zero-order valence-electron chi connectivity index (χ0n) is 9.86. The Bertz CT molecular complexity index is 617. The molecule has 7 heteroatoms. The van der Waals surface area contributed by atoms with E-state index in [1.54, 1.807) is 24.9 Å². The minimum Gasteiger partial charge on any atom is -0.371 e. The highest BCUT2D eigenvalue weighted by Gasteiger charge is 2.48. The monoisotopic (exact) mass is 256 g/mol. The lowest BCUT2D eigenvalue weighted by Crippen LogP contribution is -2.26. The number of hydrogen-bond acceptors (Lipinski definition) is 3. The van der Waals surface area contributed by atoms with Gasteiger partial charge >= 0.3 is 6.18 Å². The van der Waals surface area contributed by atoms with E-state index in [2.05, 4.69) is 10.1 Å². The molecule has 0 aliphatic carbocycles. The molecule has 2 aromatic heterocycles. The van der Waals surface area contributed by atoms with Crippen LogP contribution in [0, 0.1) is 6.92 Å². The second-order valence-electron chi connectivity index (χ2n) is 4.56. The Morgan fingerprint density at radius 2 is 2.11 bits per heavy atom. The molecular weight excluding hydrogens is 245 g/mol. The number of hydrogen-bond donors (Lipinski definition) is 0. The lowest BCUT2D eigenvalue weighted by atomic mass is 10.1.